The smallest absolute Gasteiger partial charge is 0.292 e. The fourth-order valence-corrected chi connectivity index (χ4v) is 4.70. The molecule has 8 heteroatoms. The molecule has 8 nitrogen and oxygen atoms in total. The van der Waals surface area contributed by atoms with Gasteiger partial charge < -0.3 is 0 Å². The molecule has 2 aromatic carbocycles. The molecule has 0 unspecified atom stereocenters. The molecule has 0 saturated carbocycles. The molecular weight excluding hydrogens is 462 g/mol. The van der Waals surface area contributed by atoms with Gasteiger partial charge in [0.05, 0.1) is 12.2 Å². The number of para-hydroxylation sites is 1. The van der Waals surface area contributed by atoms with Crippen LogP contribution in [0.15, 0.2) is 77.9 Å². The first kappa shape index (κ1) is 24.4. The van der Waals surface area contributed by atoms with Gasteiger partial charge in [0.25, 0.3) is 0 Å². The maximum Gasteiger partial charge on any atom is 0.333 e. The normalized spacial score (nSPS) is 11.7. The summed E-state index contributed by atoms with van der Waals surface area (Å²) in [5, 5.41) is 14.1. The van der Waals surface area contributed by atoms with Crippen molar-refractivity contribution in [2.45, 2.75) is 52.5 Å². The maximum absolute atomic E-state index is 13.7. The quantitative estimate of drug-likeness (QED) is 0.337. The third-order valence-electron chi connectivity index (χ3n) is 6.52. The minimum Gasteiger partial charge on any atom is -0.292 e. The van der Waals surface area contributed by atoms with Crippen molar-refractivity contribution in [3.8, 4) is 28.3 Å². The highest BCUT2D eigenvalue weighted by Crippen LogP contribution is 2.29. The van der Waals surface area contributed by atoms with Crippen LogP contribution in [0.3, 0.4) is 0 Å². The number of hydrogen-bond donors (Lipinski definition) is 1. The molecule has 3 heterocycles. The zero-order valence-electron chi connectivity index (χ0n) is 21.6. The van der Waals surface area contributed by atoms with E-state index in [-0.39, 0.29) is 11.1 Å². The van der Waals surface area contributed by atoms with Crippen LogP contribution in [-0.4, -0.2) is 34.7 Å². The highest BCUT2D eigenvalue weighted by molar-refractivity contribution is 5.77. The Morgan fingerprint density at radius 3 is 2.46 bits per heavy atom. The summed E-state index contributed by atoms with van der Waals surface area (Å²) in [6, 6.07) is 20.3. The van der Waals surface area contributed by atoms with E-state index in [1.165, 1.54) is 0 Å². The van der Waals surface area contributed by atoms with E-state index in [2.05, 4.69) is 83.6 Å². The molecule has 0 bridgehead atoms. The number of nitrogens with one attached hydrogen (secondary N) is 1. The molecule has 0 saturated heterocycles. The lowest BCUT2D eigenvalue weighted by Gasteiger charge is -2.22. The van der Waals surface area contributed by atoms with Gasteiger partial charge >= 0.3 is 5.69 Å². The number of aromatic amines is 1. The second-order valence-corrected chi connectivity index (χ2v) is 10.2. The van der Waals surface area contributed by atoms with Gasteiger partial charge in [0.1, 0.15) is 5.69 Å². The van der Waals surface area contributed by atoms with E-state index < -0.39 is 0 Å². The lowest BCUT2D eigenvalue weighted by molar-refractivity contribution is 0.584. The average molecular weight is 494 g/mol. The Balaban J connectivity index is 1.50. The monoisotopic (exact) mass is 493 g/mol. The summed E-state index contributed by atoms with van der Waals surface area (Å²) >= 11 is 0. The molecule has 3 aromatic heterocycles. The Hall–Kier alpha value is -4.33. The molecule has 0 aliphatic carbocycles. The number of benzene rings is 2. The summed E-state index contributed by atoms with van der Waals surface area (Å²) in [6.45, 7) is 9.17. The topological polar surface area (TPSA) is 94.3 Å². The second-order valence-electron chi connectivity index (χ2n) is 10.2. The van der Waals surface area contributed by atoms with Crippen molar-refractivity contribution in [1.29, 1.82) is 0 Å². The Bertz CT molecular complexity index is 1560. The number of aromatic nitrogens is 7. The minimum atomic E-state index is -0.0776. The van der Waals surface area contributed by atoms with Crippen molar-refractivity contribution in [3.05, 3.63) is 100 Å². The number of aryl methyl sites for hydroxylation is 1. The van der Waals surface area contributed by atoms with Crippen LogP contribution < -0.4 is 5.69 Å². The zero-order valence-corrected chi connectivity index (χ0v) is 21.6. The number of H-pyrrole nitrogens is 1. The van der Waals surface area contributed by atoms with Gasteiger partial charge in [-0.25, -0.2) is 9.89 Å². The summed E-state index contributed by atoms with van der Waals surface area (Å²) in [7, 11) is 0. The maximum atomic E-state index is 13.7. The first-order chi connectivity index (χ1) is 17.9. The molecule has 0 amide bonds. The van der Waals surface area contributed by atoms with Crippen LogP contribution in [0.5, 0.6) is 0 Å². The molecule has 0 spiro atoms. The highest BCUT2D eigenvalue weighted by atomic mass is 16.1. The van der Waals surface area contributed by atoms with Gasteiger partial charge in [-0.1, -0.05) is 82.6 Å². The van der Waals surface area contributed by atoms with Crippen LogP contribution in [0.4, 0.5) is 0 Å². The number of tetrazole rings is 1. The number of nitrogens with zero attached hydrogens (tertiary/aromatic N) is 6. The van der Waals surface area contributed by atoms with E-state index in [9.17, 15) is 4.79 Å². The van der Waals surface area contributed by atoms with E-state index in [1.807, 2.05) is 45.7 Å². The Morgan fingerprint density at radius 2 is 1.76 bits per heavy atom. The lowest BCUT2D eigenvalue weighted by atomic mass is 9.86. The van der Waals surface area contributed by atoms with Crippen LogP contribution in [-0.2, 0) is 18.4 Å². The van der Waals surface area contributed by atoms with Crippen LogP contribution >= 0.6 is 0 Å². The van der Waals surface area contributed by atoms with Crippen LogP contribution in [0.1, 0.15) is 50.9 Å². The largest absolute Gasteiger partial charge is 0.333 e. The van der Waals surface area contributed by atoms with Gasteiger partial charge in [0, 0.05) is 23.7 Å². The SMILES string of the molecule is CCCc1cn(-c2ccccc2C(C)(C)C)c(=O)n1Cc1ccc(-c2cccnc2-c2nnn[nH]2)cc1. The molecule has 5 rings (SSSR count). The highest BCUT2D eigenvalue weighted by Gasteiger charge is 2.21. The van der Waals surface area contributed by atoms with Crippen molar-refractivity contribution >= 4 is 0 Å². The summed E-state index contributed by atoms with van der Waals surface area (Å²) in [5.74, 6) is 0.521. The van der Waals surface area contributed by atoms with E-state index in [1.54, 1.807) is 6.20 Å². The molecule has 1 N–H and O–H groups in total. The first-order valence-corrected chi connectivity index (χ1v) is 12.6. The average Bonchev–Trinajstić information content (AvgIpc) is 3.54. The van der Waals surface area contributed by atoms with Crippen molar-refractivity contribution in [2.75, 3.05) is 0 Å². The first-order valence-electron chi connectivity index (χ1n) is 12.6. The third-order valence-corrected chi connectivity index (χ3v) is 6.52. The molecule has 5 aromatic rings. The molecule has 0 aliphatic heterocycles. The van der Waals surface area contributed by atoms with Gasteiger partial charge in [0.2, 0.25) is 0 Å². The molecule has 0 fully saturated rings. The van der Waals surface area contributed by atoms with Gasteiger partial charge in [-0.05, 0) is 51.1 Å². The minimum absolute atomic E-state index is 0.0170. The number of rotatable bonds is 7. The predicted octanol–water partition coefficient (Wildman–Crippen LogP) is 5.18. The van der Waals surface area contributed by atoms with Crippen molar-refractivity contribution in [2.24, 2.45) is 0 Å². The molecule has 188 valence electrons. The second kappa shape index (κ2) is 9.97. The molecule has 0 atom stereocenters. The molecule has 37 heavy (non-hydrogen) atoms. The Labute approximate surface area is 216 Å². The number of pyridine rings is 1. The Morgan fingerprint density at radius 1 is 0.973 bits per heavy atom. The van der Waals surface area contributed by atoms with Crippen LogP contribution in [0.2, 0.25) is 0 Å². The molecular formula is C29H31N7O. The van der Waals surface area contributed by atoms with E-state index in [0.717, 1.165) is 46.5 Å². The summed E-state index contributed by atoms with van der Waals surface area (Å²) in [6.07, 6.45) is 5.53. The fourth-order valence-electron chi connectivity index (χ4n) is 4.70. The standard InChI is InChI=1S/C29H31N7O/c1-5-9-22-19-36(25-12-7-6-11-24(25)29(2,3)4)28(37)35(22)18-20-13-15-21(16-14-20)23-10-8-17-30-26(23)27-31-33-34-32-27/h6-8,10-17,19H,5,9,18H2,1-4H3,(H,31,32,33,34). The molecule has 0 aliphatic rings. The van der Waals surface area contributed by atoms with E-state index in [4.69, 9.17) is 0 Å². The van der Waals surface area contributed by atoms with Gasteiger partial charge in [0.15, 0.2) is 5.82 Å². The Kier molecular flexibility index (Phi) is 6.56. The summed E-state index contributed by atoms with van der Waals surface area (Å²) in [4.78, 5) is 18.2. The van der Waals surface area contributed by atoms with Gasteiger partial charge in [-0.3, -0.25) is 14.1 Å². The lowest BCUT2D eigenvalue weighted by Crippen LogP contribution is -2.26. The predicted molar refractivity (Wildman–Crippen MR) is 145 cm³/mol. The molecule has 0 radical (unpaired) electrons. The van der Waals surface area contributed by atoms with Gasteiger partial charge in [-0.2, -0.15) is 0 Å². The van der Waals surface area contributed by atoms with E-state index >= 15 is 0 Å². The third kappa shape index (κ3) is 4.87. The van der Waals surface area contributed by atoms with Gasteiger partial charge in [-0.15, -0.1) is 5.10 Å². The summed E-state index contributed by atoms with van der Waals surface area (Å²) < 4.78 is 3.71. The van der Waals surface area contributed by atoms with Crippen molar-refractivity contribution in [3.63, 3.8) is 0 Å². The van der Waals surface area contributed by atoms with Crippen LogP contribution in [0, 0.1) is 0 Å². The summed E-state index contributed by atoms with van der Waals surface area (Å²) in [5.41, 5.74) is 6.71. The van der Waals surface area contributed by atoms with Crippen molar-refractivity contribution in [1.82, 2.24) is 34.7 Å². The van der Waals surface area contributed by atoms with Crippen molar-refractivity contribution < 1.29 is 0 Å². The fraction of sp³-hybridized carbons (Fsp3) is 0.276. The number of imidazole rings is 1. The number of hydrogen-bond acceptors (Lipinski definition) is 5. The van der Waals surface area contributed by atoms with E-state index in [0.29, 0.717) is 18.1 Å². The zero-order chi connectivity index (χ0) is 26.0. The van der Waals surface area contributed by atoms with Crippen LogP contribution in [0.25, 0.3) is 28.3 Å².